The topological polar surface area (TPSA) is 74.0 Å². The lowest BCUT2D eigenvalue weighted by molar-refractivity contribution is -0.120. The SMILES string of the molecule is Cc1[nH]c2ccccc2c1CC(=O)NCc1ccc(NC(=O)C(C)C)cc1. The van der Waals surface area contributed by atoms with Gasteiger partial charge in [-0.15, -0.1) is 0 Å². The van der Waals surface area contributed by atoms with Gasteiger partial charge in [0.1, 0.15) is 0 Å². The number of aryl methyl sites for hydroxylation is 1. The monoisotopic (exact) mass is 363 g/mol. The van der Waals surface area contributed by atoms with E-state index in [0.29, 0.717) is 13.0 Å². The summed E-state index contributed by atoms with van der Waals surface area (Å²) < 4.78 is 0. The van der Waals surface area contributed by atoms with E-state index in [0.717, 1.165) is 33.4 Å². The molecule has 2 amide bonds. The van der Waals surface area contributed by atoms with Crippen LogP contribution < -0.4 is 10.6 Å². The van der Waals surface area contributed by atoms with Gasteiger partial charge in [0.05, 0.1) is 6.42 Å². The van der Waals surface area contributed by atoms with E-state index < -0.39 is 0 Å². The quantitative estimate of drug-likeness (QED) is 0.621. The van der Waals surface area contributed by atoms with E-state index in [1.165, 1.54) is 0 Å². The minimum Gasteiger partial charge on any atom is -0.358 e. The lowest BCUT2D eigenvalue weighted by atomic mass is 10.1. The highest BCUT2D eigenvalue weighted by atomic mass is 16.2. The largest absolute Gasteiger partial charge is 0.358 e. The number of benzene rings is 2. The zero-order valence-electron chi connectivity index (χ0n) is 15.9. The Morgan fingerprint density at radius 3 is 2.44 bits per heavy atom. The molecule has 27 heavy (non-hydrogen) atoms. The summed E-state index contributed by atoms with van der Waals surface area (Å²) in [5, 5.41) is 6.92. The van der Waals surface area contributed by atoms with Gasteiger partial charge in [0.25, 0.3) is 0 Å². The second-order valence-electron chi connectivity index (χ2n) is 7.07. The number of amides is 2. The lowest BCUT2D eigenvalue weighted by Crippen LogP contribution is -2.24. The van der Waals surface area contributed by atoms with Crippen molar-refractivity contribution < 1.29 is 9.59 Å². The summed E-state index contributed by atoms with van der Waals surface area (Å²) in [4.78, 5) is 27.4. The summed E-state index contributed by atoms with van der Waals surface area (Å²) in [6.45, 7) is 6.16. The van der Waals surface area contributed by atoms with Crippen molar-refractivity contribution in [2.24, 2.45) is 5.92 Å². The molecule has 0 aliphatic rings. The van der Waals surface area contributed by atoms with Crippen molar-refractivity contribution in [2.75, 3.05) is 5.32 Å². The van der Waals surface area contributed by atoms with Crippen LogP contribution in [0.4, 0.5) is 5.69 Å². The fourth-order valence-electron chi connectivity index (χ4n) is 2.98. The predicted molar refractivity (Wildman–Crippen MR) is 108 cm³/mol. The number of carbonyl (C=O) groups excluding carboxylic acids is 2. The molecule has 0 aliphatic heterocycles. The maximum absolute atomic E-state index is 12.4. The van der Waals surface area contributed by atoms with Crippen molar-refractivity contribution in [3.8, 4) is 0 Å². The Hall–Kier alpha value is -3.08. The normalized spacial score (nSPS) is 11.0. The van der Waals surface area contributed by atoms with Crippen LogP contribution in [-0.2, 0) is 22.6 Å². The first-order valence-electron chi connectivity index (χ1n) is 9.16. The van der Waals surface area contributed by atoms with Crippen molar-refractivity contribution in [1.29, 1.82) is 0 Å². The number of hydrogen-bond donors (Lipinski definition) is 3. The molecule has 140 valence electrons. The number of para-hydroxylation sites is 1. The highest BCUT2D eigenvalue weighted by molar-refractivity contribution is 5.92. The molecular formula is C22H25N3O2. The number of aromatic nitrogens is 1. The fraction of sp³-hybridized carbons (Fsp3) is 0.273. The first-order chi connectivity index (χ1) is 12.9. The standard InChI is InChI=1S/C22H25N3O2/c1-14(2)22(27)25-17-10-8-16(9-11-17)13-23-21(26)12-19-15(3)24-20-7-5-4-6-18(19)20/h4-11,14,24H,12-13H2,1-3H3,(H,23,26)(H,25,27). The Bertz CT molecular complexity index is 955. The van der Waals surface area contributed by atoms with E-state index in [4.69, 9.17) is 0 Å². The highest BCUT2D eigenvalue weighted by Crippen LogP contribution is 2.22. The van der Waals surface area contributed by atoms with Crippen LogP contribution in [0.3, 0.4) is 0 Å². The van der Waals surface area contributed by atoms with Gasteiger partial charge in [-0.1, -0.05) is 44.2 Å². The number of aromatic amines is 1. The third-order valence-electron chi connectivity index (χ3n) is 4.60. The number of nitrogens with one attached hydrogen (secondary N) is 3. The molecule has 0 saturated heterocycles. The Balaban J connectivity index is 1.57. The third-order valence-corrected chi connectivity index (χ3v) is 4.60. The van der Waals surface area contributed by atoms with Gasteiger partial charge in [0, 0.05) is 34.7 Å². The molecule has 0 unspecified atom stereocenters. The van der Waals surface area contributed by atoms with E-state index in [-0.39, 0.29) is 17.7 Å². The van der Waals surface area contributed by atoms with Gasteiger partial charge in [0.15, 0.2) is 0 Å². The van der Waals surface area contributed by atoms with E-state index >= 15 is 0 Å². The van der Waals surface area contributed by atoms with Crippen LogP contribution >= 0.6 is 0 Å². The van der Waals surface area contributed by atoms with Gasteiger partial charge in [-0.3, -0.25) is 9.59 Å². The average Bonchev–Trinajstić information content (AvgIpc) is 2.96. The first-order valence-corrected chi connectivity index (χ1v) is 9.16. The summed E-state index contributed by atoms with van der Waals surface area (Å²) in [6.07, 6.45) is 0.346. The summed E-state index contributed by atoms with van der Waals surface area (Å²) >= 11 is 0. The highest BCUT2D eigenvalue weighted by Gasteiger charge is 2.12. The second-order valence-corrected chi connectivity index (χ2v) is 7.07. The van der Waals surface area contributed by atoms with E-state index in [1.54, 1.807) is 0 Å². The van der Waals surface area contributed by atoms with Gasteiger partial charge in [0.2, 0.25) is 11.8 Å². The molecule has 3 rings (SSSR count). The number of H-pyrrole nitrogens is 1. The molecule has 0 fully saturated rings. The predicted octanol–water partition coefficient (Wildman–Crippen LogP) is 3.93. The van der Waals surface area contributed by atoms with Crippen LogP contribution in [0, 0.1) is 12.8 Å². The number of fused-ring (bicyclic) bond motifs is 1. The molecule has 1 heterocycles. The zero-order chi connectivity index (χ0) is 19.4. The van der Waals surface area contributed by atoms with Gasteiger partial charge >= 0.3 is 0 Å². The Morgan fingerprint density at radius 2 is 1.74 bits per heavy atom. The molecule has 0 aliphatic carbocycles. The molecule has 3 aromatic rings. The summed E-state index contributed by atoms with van der Waals surface area (Å²) in [5.74, 6) is -0.0814. The molecule has 0 saturated carbocycles. The second kappa shape index (κ2) is 8.08. The summed E-state index contributed by atoms with van der Waals surface area (Å²) in [5.41, 5.74) is 4.86. The van der Waals surface area contributed by atoms with Crippen molar-refractivity contribution in [3.05, 3.63) is 65.4 Å². The molecular weight excluding hydrogens is 338 g/mol. The maximum Gasteiger partial charge on any atom is 0.226 e. The number of carbonyl (C=O) groups is 2. The van der Waals surface area contributed by atoms with Crippen LogP contribution in [0.2, 0.25) is 0 Å². The molecule has 2 aromatic carbocycles. The van der Waals surface area contributed by atoms with E-state index in [2.05, 4.69) is 15.6 Å². The molecule has 3 N–H and O–H groups in total. The Kier molecular flexibility index (Phi) is 5.60. The summed E-state index contributed by atoms with van der Waals surface area (Å²) in [7, 11) is 0. The summed E-state index contributed by atoms with van der Waals surface area (Å²) in [6, 6.07) is 15.5. The molecule has 5 heteroatoms. The van der Waals surface area contributed by atoms with Crippen LogP contribution in [0.25, 0.3) is 10.9 Å². The zero-order valence-corrected chi connectivity index (χ0v) is 15.9. The molecule has 0 radical (unpaired) electrons. The molecule has 0 atom stereocenters. The fourth-order valence-corrected chi connectivity index (χ4v) is 2.98. The first kappa shape index (κ1) is 18.7. The molecule has 0 bridgehead atoms. The van der Waals surface area contributed by atoms with Crippen LogP contribution in [0.15, 0.2) is 48.5 Å². The number of anilines is 1. The van der Waals surface area contributed by atoms with Gasteiger partial charge in [-0.05, 0) is 36.2 Å². The smallest absolute Gasteiger partial charge is 0.226 e. The van der Waals surface area contributed by atoms with Gasteiger partial charge < -0.3 is 15.6 Å². The van der Waals surface area contributed by atoms with Crippen LogP contribution in [0.5, 0.6) is 0 Å². The van der Waals surface area contributed by atoms with Crippen molar-refractivity contribution in [2.45, 2.75) is 33.7 Å². The van der Waals surface area contributed by atoms with Gasteiger partial charge in [-0.25, -0.2) is 0 Å². The van der Waals surface area contributed by atoms with Gasteiger partial charge in [-0.2, -0.15) is 0 Å². The van der Waals surface area contributed by atoms with Crippen LogP contribution in [0.1, 0.15) is 30.7 Å². The Labute approximate surface area is 159 Å². The maximum atomic E-state index is 12.4. The van der Waals surface area contributed by atoms with Crippen LogP contribution in [-0.4, -0.2) is 16.8 Å². The van der Waals surface area contributed by atoms with Crippen molar-refractivity contribution in [3.63, 3.8) is 0 Å². The minimum atomic E-state index is -0.0584. The van der Waals surface area contributed by atoms with E-state index in [9.17, 15) is 9.59 Å². The minimum absolute atomic E-state index is 0.00912. The number of hydrogen-bond acceptors (Lipinski definition) is 2. The molecule has 0 spiro atoms. The van der Waals surface area contributed by atoms with Crippen molar-refractivity contribution >= 4 is 28.4 Å². The molecule has 1 aromatic heterocycles. The Morgan fingerprint density at radius 1 is 1.04 bits per heavy atom. The average molecular weight is 363 g/mol. The lowest BCUT2D eigenvalue weighted by Gasteiger charge is -2.09. The van der Waals surface area contributed by atoms with E-state index in [1.807, 2.05) is 69.3 Å². The molecule has 5 nitrogen and oxygen atoms in total. The third kappa shape index (κ3) is 4.56. The van der Waals surface area contributed by atoms with Crippen molar-refractivity contribution in [1.82, 2.24) is 10.3 Å². The number of rotatable bonds is 6.